The normalized spacial score (nSPS) is 9.00. The van der Waals surface area contributed by atoms with Crippen molar-refractivity contribution in [2.24, 2.45) is 0 Å². The van der Waals surface area contributed by atoms with Gasteiger partial charge in [-0.05, 0) is 25.5 Å². The van der Waals surface area contributed by atoms with Crippen LogP contribution in [0.4, 0.5) is 0 Å². The Morgan fingerprint density at radius 2 is 1.82 bits per heavy atom. The molecule has 1 aromatic carbocycles. The molecule has 0 fully saturated rings. The van der Waals surface area contributed by atoms with Crippen LogP contribution in [0, 0.1) is 13.8 Å². The Morgan fingerprint density at radius 1 is 1.27 bits per heavy atom. The molecule has 0 amide bonds. The first kappa shape index (κ1) is 11.3. The molecule has 0 saturated carbocycles. The summed E-state index contributed by atoms with van der Waals surface area (Å²) in [5.41, 5.74) is 1.39. The molecule has 0 bridgehead atoms. The molecule has 0 aliphatic rings. The van der Waals surface area contributed by atoms with Gasteiger partial charge in [0.1, 0.15) is 0 Å². The minimum Gasteiger partial charge on any atom is -0.872 e. The summed E-state index contributed by atoms with van der Waals surface area (Å²) in [6.45, 7) is 3.52. The fourth-order valence-electron chi connectivity index (χ4n) is 0.803. The van der Waals surface area contributed by atoms with Gasteiger partial charge in [0.2, 0.25) is 0 Å². The van der Waals surface area contributed by atoms with Crippen LogP contribution in [0.5, 0.6) is 5.75 Å². The quantitative estimate of drug-likeness (QED) is 0.469. The molecule has 1 aromatic rings. The first-order chi connectivity index (χ1) is 4.63. The Hall–Kier alpha value is 0.310. The molecule has 0 radical (unpaired) electrons. The van der Waals surface area contributed by atoms with E-state index in [-0.39, 0.29) is 35.3 Å². The molecular formula is C8H8ClNaO. The molecule has 0 aliphatic heterocycles. The Kier molecular flexibility index (Phi) is 4.49. The number of benzene rings is 1. The van der Waals surface area contributed by atoms with Crippen LogP contribution >= 0.6 is 11.6 Å². The largest absolute Gasteiger partial charge is 1.00 e. The monoisotopic (exact) mass is 178 g/mol. The smallest absolute Gasteiger partial charge is 0.872 e. The Morgan fingerprint density at radius 3 is 2.27 bits per heavy atom. The predicted octanol–water partition coefficient (Wildman–Crippen LogP) is -0.966. The van der Waals surface area contributed by atoms with Gasteiger partial charge in [-0.1, -0.05) is 23.2 Å². The second kappa shape index (κ2) is 4.36. The fraction of sp³-hybridized carbons (Fsp3) is 0.250. The third-order valence-corrected chi connectivity index (χ3v) is 1.95. The van der Waals surface area contributed by atoms with E-state index in [9.17, 15) is 5.11 Å². The van der Waals surface area contributed by atoms with Crippen LogP contribution < -0.4 is 34.7 Å². The molecule has 0 aliphatic carbocycles. The topological polar surface area (TPSA) is 23.1 Å². The number of halogens is 1. The molecule has 1 rings (SSSR count). The first-order valence-corrected chi connectivity index (χ1v) is 3.43. The molecule has 0 N–H and O–H groups in total. The first-order valence-electron chi connectivity index (χ1n) is 3.05. The summed E-state index contributed by atoms with van der Waals surface area (Å²) in [6, 6.07) is 3.48. The summed E-state index contributed by atoms with van der Waals surface area (Å²) in [7, 11) is 0. The average Bonchev–Trinajstić information content (AvgIpc) is 1.93. The minimum atomic E-state index is 0. The van der Waals surface area contributed by atoms with Gasteiger partial charge in [0.15, 0.2) is 0 Å². The molecule has 0 heterocycles. The molecule has 0 atom stereocenters. The van der Waals surface area contributed by atoms with E-state index in [0.717, 1.165) is 5.56 Å². The summed E-state index contributed by atoms with van der Waals surface area (Å²) >= 11 is 5.69. The van der Waals surface area contributed by atoms with Crippen LogP contribution in [0.25, 0.3) is 0 Å². The molecule has 0 saturated heterocycles. The van der Waals surface area contributed by atoms with Crippen LogP contribution in [0.3, 0.4) is 0 Å². The van der Waals surface area contributed by atoms with E-state index < -0.39 is 0 Å². The van der Waals surface area contributed by atoms with Gasteiger partial charge in [-0.3, -0.25) is 0 Å². The minimum absolute atomic E-state index is 0. The number of rotatable bonds is 0. The zero-order chi connectivity index (χ0) is 7.72. The molecule has 54 valence electrons. The Bertz CT molecular complexity index is 234. The summed E-state index contributed by atoms with van der Waals surface area (Å²) in [5, 5.41) is 11.7. The number of hydrogen-bond donors (Lipinski definition) is 0. The molecule has 3 heteroatoms. The summed E-state index contributed by atoms with van der Waals surface area (Å²) in [5.74, 6) is 0.0486. The van der Waals surface area contributed by atoms with Crippen LogP contribution in [0.15, 0.2) is 12.1 Å². The molecule has 0 spiro atoms. The Labute approximate surface area is 93.7 Å². The van der Waals surface area contributed by atoms with E-state index in [0.29, 0.717) is 10.6 Å². The van der Waals surface area contributed by atoms with Crippen molar-refractivity contribution in [1.82, 2.24) is 0 Å². The van der Waals surface area contributed by atoms with E-state index in [1.165, 1.54) is 0 Å². The number of hydrogen-bond acceptors (Lipinski definition) is 1. The van der Waals surface area contributed by atoms with E-state index in [4.69, 9.17) is 11.6 Å². The second-order valence-electron chi connectivity index (χ2n) is 2.32. The van der Waals surface area contributed by atoms with Crippen LogP contribution in [-0.4, -0.2) is 0 Å². The zero-order valence-corrected chi connectivity index (χ0v) is 9.70. The maximum absolute atomic E-state index is 11.1. The molecule has 11 heavy (non-hydrogen) atoms. The van der Waals surface area contributed by atoms with E-state index >= 15 is 0 Å². The van der Waals surface area contributed by atoms with Gasteiger partial charge in [0.25, 0.3) is 0 Å². The second-order valence-corrected chi connectivity index (χ2v) is 2.73. The predicted molar refractivity (Wildman–Crippen MR) is 40.4 cm³/mol. The van der Waals surface area contributed by atoms with Crippen LogP contribution in [0.1, 0.15) is 11.1 Å². The van der Waals surface area contributed by atoms with E-state index in [1.807, 2.05) is 0 Å². The van der Waals surface area contributed by atoms with Crippen molar-refractivity contribution in [3.63, 3.8) is 0 Å². The Balaban J connectivity index is 0.000001000. The van der Waals surface area contributed by atoms with Gasteiger partial charge in [-0.25, -0.2) is 0 Å². The summed E-state index contributed by atoms with van der Waals surface area (Å²) in [6.07, 6.45) is 0. The molecule has 0 aromatic heterocycles. The van der Waals surface area contributed by atoms with Crippen LogP contribution in [-0.2, 0) is 0 Å². The summed E-state index contributed by atoms with van der Waals surface area (Å²) in [4.78, 5) is 0. The zero-order valence-electron chi connectivity index (χ0n) is 6.94. The van der Waals surface area contributed by atoms with E-state index in [1.54, 1.807) is 26.0 Å². The van der Waals surface area contributed by atoms with Gasteiger partial charge in [-0.2, -0.15) is 0 Å². The fourth-order valence-corrected chi connectivity index (χ4v) is 0.952. The molecule has 0 unspecified atom stereocenters. The van der Waals surface area contributed by atoms with Crippen molar-refractivity contribution in [3.05, 3.63) is 28.3 Å². The van der Waals surface area contributed by atoms with Crippen molar-refractivity contribution in [2.75, 3.05) is 0 Å². The van der Waals surface area contributed by atoms with Crippen molar-refractivity contribution in [2.45, 2.75) is 13.8 Å². The van der Waals surface area contributed by atoms with Gasteiger partial charge in [0, 0.05) is 5.02 Å². The van der Waals surface area contributed by atoms with Gasteiger partial charge >= 0.3 is 29.6 Å². The van der Waals surface area contributed by atoms with Crippen LogP contribution in [0.2, 0.25) is 5.02 Å². The van der Waals surface area contributed by atoms with E-state index in [2.05, 4.69) is 0 Å². The maximum Gasteiger partial charge on any atom is 1.00 e. The standard InChI is InChI=1S/C8H9ClO.Na/c1-5-3-4-7(9)6(2)8(5)10;/h3-4,10H,1-2H3;/q;+1/p-1. The third-order valence-electron chi connectivity index (χ3n) is 1.54. The third kappa shape index (κ3) is 2.38. The molecule has 1 nitrogen and oxygen atoms in total. The van der Waals surface area contributed by atoms with Crippen molar-refractivity contribution >= 4 is 11.6 Å². The maximum atomic E-state index is 11.1. The van der Waals surface area contributed by atoms with Crippen molar-refractivity contribution < 1.29 is 34.7 Å². The average molecular weight is 179 g/mol. The van der Waals surface area contributed by atoms with Gasteiger partial charge < -0.3 is 5.11 Å². The van der Waals surface area contributed by atoms with Gasteiger partial charge in [-0.15, -0.1) is 5.75 Å². The molecular weight excluding hydrogens is 171 g/mol. The SMILES string of the molecule is Cc1ccc(Cl)c(C)c1[O-].[Na+]. The van der Waals surface area contributed by atoms with Gasteiger partial charge in [0.05, 0.1) is 0 Å². The number of aryl methyl sites for hydroxylation is 1. The van der Waals surface area contributed by atoms with Crippen molar-refractivity contribution in [1.29, 1.82) is 0 Å². The van der Waals surface area contributed by atoms with Crippen molar-refractivity contribution in [3.8, 4) is 5.75 Å². The summed E-state index contributed by atoms with van der Waals surface area (Å²) < 4.78 is 0.